The Morgan fingerprint density at radius 2 is 2.30 bits per heavy atom. The Bertz CT molecular complexity index is 383. The van der Waals surface area contributed by atoms with Crippen LogP contribution in [0.4, 0.5) is 0 Å². The Labute approximate surface area is 130 Å². The molecule has 2 N–H and O–H groups in total. The molecule has 1 aromatic heterocycles. The zero-order valence-corrected chi connectivity index (χ0v) is 14.4. The Balaban J connectivity index is 2.06. The molecule has 0 aliphatic rings. The highest BCUT2D eigenvalue weighted by atomic mass is 32.2. The molecular weight excluding hydrogens is 292 g/mol. The van der Waals surface area contributed by atoms with Crippen molar-refractivity contribution in [1.82, 2.24) is 10.3 Å². The van der Waals surface area contributed by atoms with E-state index in [9.17, 15) is 5.11 Å². The highest BCUT2D eigenvalue weighted by Crippen LogP contribution is 2.19. The van der Waals surface area contributed by atoms with Crippen molar-refractivity contribution in [1.29, 1.82) is 0 Å². The van der Waals surface area contributed by atoms with Gasteiger partial charge in [0.25, 0.3) is 0 Å². The summed E-state index contributed by atoms with van der Waals surface area (Å²) in [6.07, 6.45) is 2.52. The summed E-state index contributed by atoms with van der Waals surface area (Å²) in [5.74, 6) is 0. The van der Waals surface area contributed by atoms with Crippen molar-refractivity contribution >= 4 is 23.1 Å². The zero-order valence-electron chi connectivity index (χ0n) is 12.8. The van der Waals surface area contributed by atoms with Gasteiger partial charge in [-0.2, -0.15) is 11.8 Å². The number of nitrogens with zero attached hydrogens (tertiary/aromatic N) is 1. The average Bonchev–Trinajstić information content (AvgIpc) is 2.80. The second-order valence-electron chi connectivity index (χ2n) is 5.43. The van der Waals surface area contributed by atoms with Gasteiger partial charge in [-0.1, -0.05) is 0 Å². The summed E-state index contributed by atoms with van der Waals surface area (Å²) in [6.45, 7) is 8.85. The largest absolute Gasteiger partial charge is 0.389 e. The normalized spacial score (nSPS) is 13.7. The molecule has 0 fully saturated rings. The number of aryl methyl sites for hydroxylation is 1. The minimum atomic E-state index is -0.449. The van der Waals surface area contributed by atoms with Gasteiger partial charge in [0.05, 0.1) is 30.5 Å². The molecule has 1 rings (SSSR count). The summed E-state index contributed by atoms with van der Waals surface area (Å²) in [5.41, 5.74) is 2.94. The first-order valence-electron chi connectivity index (χ1n) is 6.85. The Hall–Kier alpha value is -0.140. The van der Waals surface area contributed by atoms with Crippen molar-refractivity contribution in [3.8, 4) is 0 Å². The maximum absolute atomic E-state index is 9.83. The van der Waals surface area contributed by atoms with Gasteiger partial charge in [-0.3, -0.25) is 0 Å². The molecule has 0 bridgehead atoms. The van der Waals surface area contributed by atoms with Gasteiger partial charge < -0.3 is 15.2 Å². The van der Waals surface area contributed by atoms with Crippen LogP contribution >= 0.6 is 23.1 Å². The van der Waals surface area contributed by atoms with Gasteiger partial charge in [-0.05, 0) is 27.0 Å². The third kappa shape index (κ3) is 7.04. The fourth-order valence-corrected chi connectivity index (χ4v) is 2.63. The second-order valence-corrected chi connectivity index (χ2v) is 7.89. The number of aliphatic hydroxyl groups is 1. The van der Waals surface area contributed by atoms with E-state index < -0.39 is 6.10 Å². The molecule has 0 aromatic carbocycles. The van der Waals surface area contributed by atoms with Gasteiger partial charge in [-0.15, -0.1) is 11.3 Å². The lowest BCUT2D eigenvalue weighted by Gasteiger charge is -2.23. The van der Waals surface area contributed by atoms with Gasteiger partial charge in [0.2, 0.25) is 0 Å². The van der Waals surface area contributed by atoms with Crippen molar-refractivity contribution in [2.75, 3.05) is 32.6 Å². The maximum Gasteiger partial charge on any atom is 0.0897 e. The molecule has 1 heterocycles. The first-order chi connectivity index (χ1) is 9.44. The molecule has 6 heteroatoms. The Morgan fingerprint density at radius 1 is 1.55 bits per heavy atom. The zero-order chi connectivity index (χ0) is 15.0. The topological polar surface area (TPSA) is 54.4 Å². The lowest BCUT2D eigenvalue weighted by molar-refractivity contribution is 0.0384. The van der Waals surface area contributed by atoms with Crippen LogP contribution in [0.2, 0.25) is 0 Å². The summed E-state index contributed by atoms with van der Waals surface area (Å²) in [6, 6.07) is 0. The molecule has 0 amide bonds. The van der Waals surface area contributed by atoms with E-state index in [2.05, 4.69) is 30.4 Å². The lowest BCUT2D eigenvalue weighted by Crippen LogP contribution is -2.38. The molecule has 1 unspecified atom stereocenters. The van der Waals surface area contributed by atoms with Gasteiger partial charge in [0.1, 0.15) is 0 Å². The number of hydrogen-bond acceptors (Lipinski definition) is 6. The van der Waals surface area contributed by atoms with Crippen molar-refractivity contribution in [3.63, 3.8) is 0 Å². The second kappa shape index (κ2) is 9.00. The number of hydrogen-bond donors (Lipinski definition) is 2. The molecule has 0 aliphatic heterocycles. The summed E-state index contributed by atoms with van der Waals surface area (Å²) in [7, 11) is 0. The van der Waals surface area contributed by atoms with Crippen LogP contribution in [0, 0.1) is 6.92 Å². The fraction of sp³-hybridized carbons (Fsp3) is 0.786. The van der Waals surface area contributed by atoms with E-state index in [1.165, 1.54) is 4.88 Å². The van der Waals surface area contributed by atoms with E-state index >= 15 is 0 Å². The van der Waals surface area contributed by atoms with Crippen LogP contribution in [0.25, 0.3) is 0 Å². The van der Waals surface area contributed by atoms with Crippen LogP contribution in [0.15, 0.2) is 5.51 Å². The summed E-state index contributed by atoms with van der Waals surface area (Å²) < 4.78 is 5.72. The number of thiazole rings is 1. The van der Waals surface area contributed by atoms with E-state index in [4.69, 9.17) is 4.74 Å². The van der Waals surface area contributed by atoms with E-state index in [0.717, 1.165) is 18.7 Å². The Morgan fingerprint density at radius 3 is 2.90 bits per heavy atom. The summed E-state index contributed by atoms with van der Waals surface area (Å²) >= 11 is 3.48. The third-order valence-electron chi connectivity index (χ3n) is 3.11. The molecule has 4 nitrogen and oxygen atoms in total. The highest BCUT2D eigenvalue weighted by molar-refractivity contribution is 7.99. The lowest BCUT2D eigenvalue weighted by atomic mass is 10.2. The van der Waals surface area contributed by atoms with Gasteiger partial charge in [-0.25, -0.2) is 4.98 Å². The van der Waals surface area contributed by atoms with Gasteiger partial charge in [0.15, 0.2) is 0 Å². The van der Waals surface area contributed by atoms with Gasteiger partial charge in [0, 0.05) is 29.1 Å². The number of aromatic nitrogens is 1. The summed E-state index contributed by atoms with van der Waals surface area (Å²) in [4.78, 5) is 5.47. The van der Waals surface area contributed by atoms with Crippen LogP contribution < -0.4 is 5.32 Å². The van der Waals surface area contributed by atoms with Crippen LogP contribution in [-0.2, 0) is 11.2 Å². The first-order valence-corrected chi connectivity index (χ1v) is 8.95. The van der Waals surface area contributed by atoms with Crippen LogP contribution in [0.1, 0.15) is 24.4 Å². The van der Waals surface area contributed by atoms with Crippen molar-refractivity contribution in [3.05, 3.63) is 16.1 Å². The predicted molar refractivity (Wildman–Crippen MR) is 87.8 cm³/mol. The molecule has 0 aliphatic carbocycles. The Kier molecular flexibility index (Phi) is 8.06. The molecule has 116 valence electrons. The van der Waals surface area contributed by atoms with E-state index in [-0.39, 0.29) is 4.75 Å². The molecule has 0 saturated carbocycles. The van der Waals surface area contributed by atoms with Crippen molar-refractivity contribution in [2.24, 2.45) is 0 Å². The maximum atomic E-state index is 9.83. The average molecular weight is 319 g/mol. The first kappa shape index (κ1) is 17.9. The van der Waals surface area contributed by atoms with Crippen LogP contribution in [0.3, 0.4) is 0 Å². The number of nitrogens with one attached hydrogen (secondary N) is 1. The summed E-state index contributed by atoms with van der Waals surface area (Å²) in [5, 5.41) is 13.1. The highest BCUT2D eigenvalue weighted by Gasteiger charge is 2.15. The number of ether oxygens (including phenoxy) is 1. The number of rotatable bonds is 10. The SMILES string of the molecule is CSC(C)(C)CNCC(O)COCCc1scnc1C. The molecule has 0 radical (unpaired) electrons. The van der Waals surface area contributed by atoms with Crippen molar-refractivity contribution < 1.29 is 9.84 Å². The molecular formula is C14H26N2O2S2. The predicted octanol–water partition coefficient (Wildman–Crippen LogP) is 2.10. The number of thioether (sulfide) groups is 1. The monoisotopic (exact) mass is 318 g/mol. The molecule has 0 saturated heterocycles. The number of aliphatic hydroxyl groups excluding tert-OH is 1. The van der Waals surface area contributed by atoms with Crippen molar-refractivity contribution in [2.45, 2.75) is 38.0 Å². The third-order valence-corrected chi connectivity index (χ3v) is 5.36. The van der Waals surface area contributed by atoms with E-state index in [1.807, 2.05) is 24.2 Å². The smallest absolute Gasteiger partial charge is 0.0897 e. The molecule has 0 spiro atoms. The molecule has 1 atom stereocenters. The fourth-order valence-electron chi connectivity index (χ4n) is 1.62. The van der Waals surface area contributed by atoms with E-state index in [1.54, 1.807) is 11.3 Å². The van der Waals surface area contributed by atoms with Crippen LogP contribution in [-0.4, -0.2) is 53.5 Å². The minimum absolute atomic E-state index is 0.199. The van der Waals surface area contributed by atoms with Crippen LogP contribution in [0.5, 0.6) is 0 Å². The molecule has 1 aromatic rings. The minimum Gasteiger partial charge on any atom is -0.389 e. The molecule has 20 heavy (non-hydrogen) atoms. The standard InChI is InChI=1S/C14H26N2O2S2/c1-11-13(20-10-16-11)5-6-18-8-12(17)7-15-9-14(2,3)19-4/h10,12,15,17H,5-9H2,1-4H3. The quantitative estimate of drug-likeness (QED) is 0.647. The van der Waals surface area contributed by atoms with E-state index in [0.29, 0.717) is 19.8 Å². The van der Waals surface area contributed by atoms with Gasteiger partial charge >= 0.3 is 0 Å².